The van der Waals surface area contributed by atoms with Gasteiger partial charge in [0.25, 0.3) is 0 Å². The van der Waals surface area contributed by atoms with Crippen LogP contribution < -0.4 is 5.32 Å². The van der Waals surface area contributed by atoms with E-state index in [1.807, 2.05) is 0 Å². The van der Waals surface area contributed by atoms with Gasteiger partial charge >= 0.3 is 0 Å². The monoisotopic (exact) mass is 243 g/mol. The summed E-state index contributed by atoms with van der Waals surface area (Å²) in [7, 11) is 4.29. The van der Waals surface area contributed by atoms with Crippen molar-refractivity contribution in [3.05, 3.63) is 0 Å². The maximum atomic E-state index is 3.64. The van der Waals surface area contributed by atoms with E-state index in [-0.39, 0.29) is 0 Å². The molecule has 17 heavy (non-hydrogen) atoms. The van der Waals surface area contributed by atoms with Crippen LogP contribution in [-0.4, -0.2) is 62.2 Å². The van der Waals surface area contributed by atoms with Gasteiger partial charge in [-0.05, 0) is 40.4 Å². The summed E-state index contributed by atoms with van der Waals surface area (Å²) in [4.78, 5) is 4.82. The third-order valence-electron chi connectivity index (χ3n) is 3.48. The summed E-state index contributed by atoms with van der Waals surface area (Å²) < 4.78 is 0. The van der Waals surface area contributed by atoms with Gasteiger partial charge in [-0.25, -0.2) is 0 Å². The molecule has 1 N–H and O–H groups in total. The van der Waals surface area contributed by atoms with Gasteiger partial charge < -0.3 is 10.2 Å². The molecule has 0 saturated heterocycles. The highest BCUT2D eigenvalue weighted by Crippen LogP contribution is 2.00. The average molecular weight is 243 g/mol. The zero-order chi connectivity index (χ0) is 13.3. The van der Waals surface area contributed by atoms with E-state index in [1.54, 1.807) is 0 Å². The molecule has 0 aliphatic carbocycles. The van der Waals surface area contributed by atoms with Crippen molar-refractivity contribution in [1.82, 2.24) is 15.1 Å². The minimum absolute atomic E-state index is 0.638. The summed E-state index contributed by atoms with van der Waals surface area (Å²) in [5, 5.41) is 3.64. The molecular weight excluding hydrogens is 210 g/mol. The molecule has 0 rings (SSSR count). The van der Waals surface area contributed by atoms with Crippen molar-refractivity contribution in [2.24, 2.45) is 0 Å². The van der Waals surface area contributed by atoms with Crippen LogP contribution in [0.3, 0.4) is 0 Å². The molecule has 1 unspecified atom stereocenters. The Morgan fingerprint density at radius 2 is 1.65 bits per heavy atom. The van der Waals surface area contributed by atoms with Crippen molar-refractivity contribution < 1.29 is 0 Å². The first-order valence-electron chi connectivity index (χ1n) is 7.17. The molecular formula is C14H33N3. The highest BCUT2D eigenvalue weighted by atomic mass is 15.2. The number of nitrogens with one attached hydrogen (secondary N) is 1. The molecule has 0 aliphatic rings. The van der Waals surface area contributed by atoms with Gasteiger partial charge in [0.1, 0.15) is 0 Å². The predicted molar refractivity (Wildman–Crippen MR) is 77.6 cm³/mol. The van der Waals surface area contributed by atoms with Gasteiger partial charge in [-0.2, -0.15) is 0 Å². The third kappa shape index (κ3) is 7.74. The van der Waals surface area contributed by atoms with Crippen molar-refractivity contribution in [1.29, 1.82) is 0 Å². The second-order valence-electron chi connectivity index (χ2n) is 5.21. The fraction of sp³-hybridized carbons (Fsp3) is 1.00. The van der Waals surface area contributed by atoms with Gasteiger partial charge in [0.05, 0.1) is 0 Å². The van der Waals surface area contributed by atoms with E-state index in [4.69, 9.17) is 0 Å². The molecule has 0 radical (unpaired) electrons. The van der Waals surface area contributed by atoms with Crippen LogP contribution in [0.15, 0.2) is 0 Å². The number of rotatable bonds is 10. The van der Waals surface area contributed by atoms with Gasteiger partial charge in [0.2, 0.25) is 0 Å². The van der Waals surface area contributed by atoms with Gasteiger partial charge in [-0.1, -0.05) is 20.8 Å². The molecule has 0 bridgehead atoms. The standard InChI is InChI=1S/C14H33N3/c1-7-14(8-2)15-10-11-17(9-3)13(4)12-16(5)6/h13-15H,7-12H2,1-6H3. The lowest BCUT2D eigenvalue weighted by molar-refractivity contribution is 0.180. The Hall–Kier alpha value is -0.120. The maximum Gasteiger partial charge on any atom is 0.0195 e. The van der Waals surface area contributed by atoms with Crippen molar-refractivity contribution in [3.63, 3.8) is 0 Å². The van der Waals surface area contributed by atoms with Gasteiger partial charge in [-0.15, -0.1) is 0 Å². The molecule has 0 aromatic carbocycles. The number of hydrogen-bond donors (Lipinski definition) is 1. The van der Waals surface area contributed by atoms with Crippen LogP contribution in [0.5, 0.6) is 0 Å². The van der Waals surface area contributed by atoms with Crippen molar-refractivity contribution in [2.45, 2.75) is 52.6 Å². The first kappa shape index (κ1) is 16.9. The lowest BCUT2D eigenvalue weighted by Gasteiger charge is -2.30. The fourth-order valence-electron chi connectivity index (χ4n) is 2.32. The van der Waals surface area contributed by atoms with E-state index < -0.39 is 0 Å². The number of hydrogen-bond acceptors (Lipinski definition) is 3. The Morgan fingerprint density at radius 3 is 2.06 bits per heavy atom. The lowest BCUT2D eigenvalue weighted by Crippen LogP contribution is -2.44. The van der Waals surface area contributed by atoms with Crippen LogP contribution in [-0.2, 0) is 0 Å². The second-order valence-corrected chi connectivity index (χ2v) is 5.21. The Kier molecular flexibility index (Phi) is 9.79. The normalized spacial score (nSPS) is 13.9. The van der Waals surface area contributed by atoms with Crippen LogP contribution in [0.1, 0.15) is 40.5 Å². The summed E-state index contributed by atoms with van der Waals surface area (Å²) in [6.07, 6.45) is 2.46. The van der Waals surface area contributed by atoms with Gasteiger partial charge in [-0.3, -0.25) is 4.90 Å². The van der Waals surface area contributed by atoms with Crippen molar-refractivity contribution in [2.75, 3.05) is 40.3 Å². The molecule has 0 aromatic heterocycles. The molecule has 0 saturated carbocycles. The molecule has 0 spiro atoms. The summed E-state index contributed by atoms with van der Waals surface area (Å²) in [6.45, 7) is 13.6. The second kappa shape index (κ2) is 9.86. The molecule has 0 aromatic rings. The lowest BCUT2D eigenvalue weighted by atomic mass is 10.2. The average Bonchev–Trinajstić information content (AvgIpc) is 2.28. The van der Waals surface area contributed by atoms with Crippen molar-refractivity contribution in [3.8, 4) is 0 Å². The largest absolute Gasteiger partial charge is 0.313 e. The summed E-state index contributed by atoms with van der Waals surface area (Å²) in [6, 6.07) is 1.33. The molecule has 0 fully saturated rings. The van der Waals surface area contributed by atoms with Crippen molar-refractivity contribution >= 4 is 0 Å². The van der Waals surface area contributed by atoms with E-state index in [0.717, 1.165) is 26.2 Å². The van der Waals surface area contributed by atoms with Crippen LogP contribution in [0.2, 0.25) is 0 Å². The minimum Gasteiger partial charge on any atom is -0.313 e. The molecule has 0 amide bonds. The zero-order valence-electron chi connectivity index (χ0n) is 12.8. The van der Waals surface area contributed by atoms with Crippen LogP contribution in [0.4, 0.5) is 0 Å². The maximum absolute atomic E-state index is 3.64. The van der Waals surface area contributed by atoms with E-state index in [0.29, 0.717) is 12.1 Å². The van der Waals surface area contributed by atoms with E-state index in [1.165, 1.54) is 12.8 Å². The van der Waals surface area contributed by atoms with E-state index >= 15 is 0 Å². The highest BCUT2D eigenvalue weighted by Gasteiger charge is 2.12. The fourth-order valence-corrected chi connectivity index (χ4v) is 2.32. The van der Waals surface area contributed by atoms with Gasteiger partial charge in [0.15, 0.2) is 0 Å². The smallest absolute Gasteiger partial charge is 0.0195 e. The predicted octanol–water partition coefficient (Wildman–Crippen LogP) is 2.04. The third-order valence-corrected chi connectivity index (χ3v) is 3.48. The van der Waals surface area contributed by atoms with Crippen LogP contribution in [0.25, 0.3) is 0 Å². The quantitative estimate of drug-likeness (QED) is 0.633. The van der Waals surface area contributed by atoms with E-state index in [9.17, 15) is 0 Å². The Balaban J connectivity index is 3.88. The molecule has 0 heterocycles. The van der Waals surface area contributed by atoms with Crippen LogP contribution >= 0.6 is 0 Å². The summed E-state index contributed by atoms with van der Waals surface area (Å²) in [5.41, 5.74) is 0. The van der Waals surface area contributed by atoms with E-state index in [2.05, 4.69) is 56.9 Å². The first-order valence-corrected chi connectivity index (χ1v) is 7.17. The van der Waals surface area contributed by atoms with Crippen LogP contribution in [0, 0.1) is 0 Å². The highest BCUT2D eigenvalue weighted by molar-refractivity contribution is 4.71. The SMILES string of the molecule is CCC(CC)NCCN(CC)C(C)CN(C)C. The molecule has 1 atom stereocenters. The Morgan fingerprint density at radius 1 is 1.06 bits per heavy atom. The number of likely N-dealkylation sites (N-methyl/N-ethyl adjacent to an activating group) is 2. The Labute approximate surface area is 109 Å². The zero-order valence-corrected chi connectivity index (χ0v) is 12.8. The summed E-state index contributed by atoms with van der Waals surface area (Å²) >= 11 is 0. The number of nitrogens with zero attached hydrogens (tertiary/aromatic N) is 2. The minimum atomic E-state index is 0.638. The summed E-state index contributed by atoms with van der Waals surface area (Å²) in [5.74, 6) is 0. The molecule has 3 heteroatoms. The first-order chi connectivity index (χ1) is 8.04. The topological polar surface area (TPSA) is 18.5 Å². The Bertz CT molecular complexity index is 167. The molecule has 0 aliphatic heterocycles. The molecule has 104 valence electrons. The molecule has 3 nitrogen and oxygen atoms in total. The van der Waals surface area contributed by atoms with Gasteiger partial charge in [0, 0.05) is 31.7 Å².